The number of anilines is 3. The van der Waals surface area contributed by atoms with Crippen LogP contribution in [0.25, 0.3) is 0 Å². The summed E-state index contributed by atoms with van der Waals surface area (Å²) in [6, 6.07) is 17.6. The Kier molecular flexibility index (Phi) is 6.65. The molecule has 0 fully saturated rings. The predicted octanol–water partition coefficient (Wildman–Crippen LogP) is 5.87. The molecule has 0 unspecified atom stereocenters. The maximum absolute atomic E-state index is 13.1. The average Bonchev–Trinajstić information content (AvgIpc) is 2.67. The van der Waals surface area contributed by atoms with Crippen molar-refractivity contribution in [3.63, 3.8) is 0 Å². The first-order valence-corrected chi connectivity index (χ1v) is 11.5. The van der Waals surface area contributed by atoms with Crippen molar-refractivity contribution in [2.75, 3.05) is 15.4 Å². The Morgan fingerprint density at radius 2 is 1.43 bits per heavy atom. The monoisotopic (exact) mass is 459 g/mol. The van der Waals surface area contributed by atoms with Gasteiger partial charge in [-0.1, -0.05) is 29.8 Å². The number of nitrogens with one attached hydrogen (secondary N) is 3. The van der Waals surface area contributed by atoms with Crippen molar-refractivity contribution < 1.29 is 8.42 Å². The van der Waals surface area contributed by atoms with Crippen molar-refractivity contribution in [3.8, 4) is 0 Å². The van der Waals surface area contributed by atoms with E-state index in [9.17, 15) is 8.42 Å². The molecule has 0 atom stereocenters. The van der Waals surface area contributed by atoms with Crippen LogP contribution in [0, 0.1) is 20.8 Å². The number of hydrogen-bond acceptors (Lipinski definition) is 3. The van der Waals surface area contributed by atoms with E-state index in [2.05, 4.69) is 15.4 Å². The number of sulfonamides is 1. The quantitative estimate of drug-likeness (QED) is 0.416. The summed E-state index contributed by atoms with van der Waals surface area (Å²) in [5.74, 6) is 0. The van der Waals surface area contributed by atoms with Gasteiger partial charge >= 0.3 is 0 Å². The van der Waals surface area contributed by atoms with E-state index in [4.69, 9.17) is 23.8 Å². The molecule has 3 rings (SSSR count). The van der Waals surface area contributed by atoms with Gasteiger partial charge in [0.1, 0.15) is 4.90 Å². The summed E-state index contributed by atoms with van der Waals surface area (Å²) in [5.41, 5.74) is 4.60. The lowest BCUT2D eigenvalue weighted by atomic mass is 10.1. The molecule has 30 heavy (non-hydrogen) atoms. The lowest BCUT2D eigenvalue weighted by molar-refractivity contribution is 0.601. The molecule has 0 aliphatic carbocycles. The van der Waals surface area contributed by atoms with Crippen molar-refractivity contribution >= 4 is 56.0 Å². The van der Waals surface area contributed by atoms with Crippen LogP contribution in [0.1, 0.15) is 16.7 Å². The summed E-state index contributed by atoms with van der Waals surface area (Å²) < 4.78 is 28.7. The van der Waals surface area contributed by atoms with Gasteiger partial charge in [0.25, 0.3) is 10.0 Å². The lowest BCUT2D eigenvalue weighted by Crippen LogP contribution is -2.22. The van der Waals surface area contributed by atoms with Gasteiger partial charge in [0, 0.05) is 16.4 Å². The van der Waals surface area contributed by atoms with Crippen LogP contribution < -0.4 is 15.4 Å². The van der Waals surface area contributed by atoms with Gasteiger partial charge in [-0.3, -0.25) is 4.72 Å². The van der Waals surface area contributed by atoms with E-state index in [-0.39, 0.29) is 4.90 Å². The number of aryl methyl sites for hydroxylation is 3. The molecule has 0 spiro atoms. The first-order valence-electron chi connectivity index (χ1n) is 9.18. The second kappa shape index (κ2) is 9.04. The van der Waals surface area contributed by atoms with Crippen molar-refractivity contribution in [3.05, 3.63) is 82.4 Å². The van der Waals surface area contributed by atoms with Crippen LogP contribution in [0.15, 0.2) is 65.6 Å². The molecule has 3 aromatic carbocycles. The number of benzene rings is 3. The van der Waals surface area contributed by atoms with Crippen LogP contribution >= 0.6 is 23.8 Å². The molecule has 0 aromatic heterocycles. The van der Waals surface area contributed by atoms with Gasteiger partial charge in [-0.15, -0.1) is 0 Å². The molecule has 3 aromatic rings. The van der Waals surface area contributed by atoms with Crippen LogP contribution in [0.4, 0.5) is 17.1 Å². The van der Waals surface area contributed by atoms with Crippen molar-refractivity contribution in [1.29, 1.82) is 0 Å². The molecular weight excluding hydrogens is 438 g/mol. The van der Waals surface area contributed by atoms with Gasteiger partial charge < -0.3 is 10.6 Å². The minimum Gasteiger partial charge on any atom is -0.332 e. The summed E-state index contributed by atoms with van der Waals surface area (Å²) in [6.45, 7) is 5.80. The maximum atomic E-state index is 13.1. The fourth-order valence-electron chi connectivity index (χ4n) is 2.83. The van der Waals surface area contributed by atoms with Crippen LogP contribution in [-0.4, -0.2) is 13.5 Å². The van der Waals surface area contributed by atoms with E-state index >= 15 is 0 Å². The van der Waals surface area contributed by atoms with E-state index in [0.717, 1.165) is 22.4 Å². The third kappa shape index (κ3) is 5.50. The van der Waals surface area contributed by atoms with Crippen LogP contribution in [0.3, 0.4) is 0 Å². The van der Waals surface area contributed by atoms with Gasteiger partial charge in [0.2, 0.25) is 0 Å². The van der Waals surface area contributed by atoms with E-state index in [1.54, 1.807) is 36.4 Å². The molecule has 0 aliphatic heterocycles. The van der Waals surface area contributed by atoms with E-state index in [1.165, 1.54) is 0 Å². The molecule has 0 saturated carbocycles. The third-order valence-electron chi connectivity index (χ3n) is 4.41. The van der Waals surface area contributed by atoms with Gasteiger partial charge in [0.05, 0.1) is 5.69 Å². The zero-order valence-corrected chi connectivity index (χ0v) is 19.2. The topological polar surface area (TPSA) is 70.2 Å². The van der Waals surface area contributed by atoms with Gasteiger partial charge in [0.15, 0.2) is 5.11 Å². The van der Waals surface area contributed by atoms with Crippen molar-refractivity contribution in [2.45, 2.75) is 25.7 Å². The zero-order chi connectivity index (χ0) is 21.9. The molecule has 0 saturated heterocycles. The molecule has 0 bridgehead atoms. The molecule has 5 nitrogen and oxygen atoms in total. The molecule has 0 heterocycles. The highest BCUT2D eigenvalue weighted by atomic mass is 35.5. The number of thiocarbonyl (C=S) groups is 1. The highest BCUT2D eigenvalue weighted by Gasteiger charge is 2.20. The van der Waals surface area contributed by atoms with Gasteiger partial charge in [-0.05, 0) is 92.1 Å². The molecular formula is C22H22ClN3O2S2. The Morgan fingerprint density at radius 1 is 0.833 bits per heavy atom. The van der Waals surface area contributed by atoms with E-state index in [0.29, 0.717) is 21.5 Å². The smallest absolute Gasteiger partial charge is 0.263 e. The Morgan fingerprint density at radius 3 is 2.13 bits per heavy atom. The Bertz CT molecular complexity index is 1190. The second-order valence-corrected chi connectivity index (χ2v) is 9.51. The molecule has 156 valence electrons. The number of halogens is 1. The van der Waals surface area contributed by atoms with Gasteiger partial charge in [-0.25, -0.2) is 8.42 Å². The minimum atomic E-state index is -3.86. The number of hydrogen-bond donors (Lipinski definition) is 3. The summed E-state index contributed by atoms with van der Waals surface area (Å²) in [5, 5.41) is 6.98. The molecule has 8 heteroatoms. The van der Waals surface area contributed by atoms with Crippen molar-refractivity contribution in [2.24, 2.45) is 0 Å². The predicted molar refractivity (Wildman–Crippen MR) is 129 cm³/mol. The highest BCUT2D eigenvalue weighted by molar-refractivity contribution is 7.93. The molecule has 0 aliphatic rings. The van der Waals surface area contributed by atoms with Crippen LogP contribution in [-0.2, 0) is 10.0 Å². The third-order valence-corrected chi connectivity index (χ3v) is 6.29. The molecule has 0 amide bonds. The first-order chi connectivity index (χ1) is 14.1. The summed E-state index contributed by atoms with van der Waals surface area (Å²) >= 11 is 11.3. The van der Waals surface area contributed by atoms with Crippen molar-refractivity contribution in [1.82, 2.24) is 0 Å². The van der Waals surface area contributed by atoms with Gasteiger partial charge in [-0.2, -0.15) is 0 Å². The molecule has 0 radical (unpaired) electrons. The Balaban J connectivity index is 1.86. The Hall–Kier alpha value is -2.61. The maximum Gasteiger partial charge on any atom is 0.263 e. The normalized spacial score (nSPS) is 11.1. The zero-order valence-electron chi connectivity index (χ0n) is 16.8. The fraction of sp³-hybridized carbons (Fsp3) is 0.136. The Labute approximate surface area is 187 Å². The fourth-order valence-corrected chi connectivity index (χ4v) is 4.48. The average molecular weight is 460 g/mol. The first kappa shape index (κ1) is 22.1. The largest absolute Gasteiger partial charge is 0.332 e. The highest BCUT2D eigenvalue weighted by Crippen LogP contribution is 2.26. The molecule has 3 N–H and O–H groups in total. The van der Waals surface area contributed by atoms with E-state index in [1.807, 2.05) is 45.0 Å². The van der Waals surface area contributed by atoms with Crippen LogP contribution in [0.2, 0.25) is 5.02 Å². The summed E-state index contributed by atoms with van der Waals surface area (Å²) in [4.78, 5) is 0.0996. The second-order valence-electron chi connectivity index (χ2n) is 7.01. The summed E-state index contributed by atoms with van der Waals surface area (Å²) in [6.07, 6.45) is 0. The lowest BCUT2D eigenvalue weighted by Gasteiger charge is -2.17. The van der Waals surface area contributed by atoms with E-state index < -0.39 is 10.0 Å². The minimum absolute atomic E-state index is 0.0996. The number of rotatable bonds is 5. The summed E-state index contributed by atoms with van der Waals surface area (Å²) in [7, 11) is -3.86. The standard InChI is InChI=1S/C22H22ClN3O2S2/c1-14-4-6-16(3)20(12-14)25-22(29)24-19-11-5-15(2)13-21(19)30(27,28)26-18-9-7-17(23)8-10-18/h4-13,26H,1-3H3,(H2,24,25,29). The van der Waals surface area contributed by atoms with Crippen LogP contribution in [0.5, 0.6) is 0 Å². The SMILES string of the molecule is Cc1ccc(C)c(NC(=S)Nc2ccc(C)cc2S(=O)(=O)Nc2ccc(Cl)cc2)c1.